The van der Waals surface area contributed by atoms with E-state index in [0.717, 1.165) is 38.5 Å². The summed E-state index contributed by atoms with van der Waals surface area (Å²) in [5.74, 6) is 2.85. The fraction of sp³-hybridized carbons (Fsp3) is 0.733. The van der Waals surface area contributed by atoms with Gasteiger partial charge in [-0.1, -0.05) is 18.8 Å². The van der Waals surface area contributed by atoms with E-state index in [1.54, 1.807) is 0 Å². The summed E-state index contributed by atoms with van der Waals surface area (Å²) in [4.78, 5) is 22.7. The van der Waals surface area contributed by atoms with Crippen LogP contribution >= 0.6 is 0 Å². The maximum Gasteiger partial charge on any atom is 0.315 e. The van der Waals surface area contributed by atoms with E-state index in [1.807, 2.05) is 6.92 Å². The Morgan fingerprint density at radius 2 is 2.10 bits per heavy atom. The molecule has 1 aliphatic heterocycles. The Hall–Kier alpha value is -1.90. The Kier molecular flexibility index (Phi) is 8.10. The minimum absolute atomic E-state index is 0.0776. The minimum atomic E-state index is -0.0776. The van der Waals surface area contributed by atoms with Crippen LogP contribution in [0, 0.1) is 12.0 Å². The maximum absolute atomic E-state index is 11.6. The summed E-state index contributed by atoms with van der Waals surface area (Å²) < 4.78 is 0. The zero-order valence-corrected chi connectivity index (χ0v) is 12.7. The van der Waals surface area contributed by atoms with Crippen molar-refractivity contribution in [3.05, 3.63) is 0 Å². The van der Waals surface area contributed by atoms with E-state index in [-0.39, 0.29) is 24.0 Å². The van der Waals surface area contributed by atoms with Gasteiger partial charge in [0.1, 0.15) is 0 Å². The molecule has 1 aliphatic rings. The van der Waals surface area contributed by atoms with Crippen LogP contribution in [0.3, 0.4) is 0 Å². The van der Waals surface area contributed by atoms with Gasteiger partial charge >= 0.3 is 6.03 Å². The van der Waals surface area contributed by atoms with Gasteiger partial charge in [-0.25, -0.2) is 4.79 Å². The molecule has 0 saturated carbocycles. The van der Waals surface area contributed by atoms with Crippen LogP contribution in [0.25, 0.3) is 0 Å². The second kappa shape index (κ2) is 9.92. The van der Waals surface area contributed by atoms with Gasteiger partial charge in [0.05, 0.1) is 6.04 Å². The molecule has 118 valence electrons. The molecule has 21 heavy (non-hydrogen) atoms. The Bertz CT molecular complexity index is 400. The number of carbonyl (C=O) groups is 2. The van der Waals surface area contributed by atoms with Gasteiger partial charge in [0.25, 0.3) is 0 Å². The van der Waals surface area contributed by atoms with E-state index < -0.39 is 0 Å². The van der Waals surface area contributed by atoms with Gasteiger partial charge in [-0.3, -0.25) is 4.79 Å². The smallest absolute Gasteiger partial charge is 0.315 e. The van der Waals surface area contributed by atoms with Crippen molar-refractivity contribution in [3.63, 3.8) is 0 Å². The number of unbranched alkanes of at least 4 members (excludes halogenated alkanes) is 3. The summed E-state index contributed by atoms with van der Waals surface area (Å²) in [6.07, 6.45) is 5.99. The largest absolute Gasteiger partial charge is 0.359 e. The van der Waals surface area contributed by atoms with E-state index in [2.05, 4.69) is 27.9 Å². The van der Waals surface area contributed by atoms with Crippen LogP contribution in [0.4, 0.5) is 4.79 Å². The molecule has 1 rings (SSSR count). The molecule has 3 amide bonds. The molecule has 1 saturated heterocycles. The van der Waals surface area contributed by atoms with E-state index >= 15 is 0 Å². The fourth-order valence-electron chi connectivity index (χ4n) is 2.36. The number of rotatable bonds is 9. The molecule has 1 heterocycles. The first-order valence-corrected chi connectivity index (χ1v) is 7.65. The summed E-state index contributed by atoms with van der Waals surface area (Å²) in [5.41, 5.74) is 5.05. The standard InChI is InChI=1S/C15H26N4O2/c1-12-13(19-15(21)18-12)8-4-2-5-9-14(20)17-11-7-3-6-10-16/h12-13H,2-5,7-9,11,16H2,1H3,(H,17,20)(H2,18,19,21)/t12-,13+/m0/s1. The Morgan fingerprint density at radius 1 is 1.29 bits per heavy atom. The summed E-state index contributed by atoms with van der Waals surface area (Å²) in [7, 11) is 0. The summed E-state index contributed by atoms with van der Waals surface area (Å²) in [5, 5.41) is 8.60. The number of hydrogen-bond donors (Lipinski definition) is 4. The first kappa shape index (κ1) is 17.2. The fourth-order valence-corrected chi connectivity index (χ4v) is 2.36. The molecule has 0 aromatic rings. The SMILES string of the molecule is C[C@@H]1NC(=O)N[C@@H]1CCCCCC(=O)NCCCC#CN. The molecule has 0 aliphatic carbocycles. The van der Waals surface area contributed by atoms with Crippen LogP contribution in [0.15, 0.2) is 0 Å². The van der Waals surface area contributed by atoms with Gasteiger partial charge in [0, 0.05) is 31.5 Å². The van der Waals surface area contributed by atoms with Gasteiger partial charge in [0.15, 0.2) is 0 Å². The van der Waals surface area contributed by atoms with Crippen molar-refractivity contribution in [2.45, 2.75) is 64.0 Å². The Balaban J connectivity index is 1.94. The van der Waals surface area contributed by atoms with Crippen molar-refractivity contribution < 1.29 is 9.59 Å². The Morgan fingerprint density at radius 3 is 2.76 bits per heavy atom. The third kappa shape index (κ3) is 7.45. The lowest BCUT2D eigenvalue weighted by molar-refractivity contribution is -0.121. The van der Waals surface area contributed by atoms with Gasteiger partial charge in [-0.15, -0.1) is 0 Å². The lowest BCUT2D eigenvalue weighted by Gasteiger charge is -2.13. The number of nitrogens with one attached hydrogen (secondary N) is 3. The highest BCUT2D eigenvalue weighted by Gasteiger charge is 2.26. The van der Waals surface area contributed by atoms with Crippen molar-refractivity contribution >= 4 is 11.9 Å². The van der Waals surface area contributed by atoms with Crippen LogP contribution in [0.5, 0.6) is 0 Å². The molecule has 0 radical (unpaired) electrons. The predicted octanol–water partition coefficient (Wildman–Crippen LogP) is 0.823. The van der Waals surface area contributed by atoms with Crippen LogP contribution in [0.2, 0.25) is 0 Å². The quantitative estimate of drug-likeness (QED) is 0.288. The van der Waals surface area contributed by atoms with Crippen molar-refractivity contribution in [1.82, 2.24) is 16.0 Å². The molecule has 0 aromatic heterocycles. The van der Waals surface area contributed by atoms with Crippen LogP contribution < -0.4 is 21.7 Å². The molecule has 0 aromatic carbocycles. The molecule has 0 spiro atoms. The second-order valence-corrected chi connectivity index (χ2v) is 5.39. The highest BCUT2D eigenvalue weighted by atomic mass is 16.2. The molecular weight excluding hydrogens is 268 g/mol. The van der Waals surface area contributed by atoms with Crippen LogP contribution in [-0.4, -0.2) is 30.6 Å². The normalized spacial score (nSPS) is 20.1. The number of urea groups is 1. The molecule has 0 bridgehead atoms. The van der Waals surface area contributed by atoms with Gasteiger partial charge < -0.3 is 21.7 Å². The zero-order valence-electron chi connectivity index (χ0n) is 12.7. The summed E-state index contributed by atoms with van der Waals surface area (Å²) in [6, 6.07) is 2.67. The predicted molar refractivity (Wildman–Crippen MR) is 82.2 cm³/mol. The molecule has 5 N–H and O–H groups in total. The van der Waals surface area contributed by atoms with E-state index in [0.29, 0.717) is 13.0 Å². The number of amides is 3. The number of hydrogen-bond acceptors (Lipinski definition) is 3. The third-order valence-corrected chi connectivity index (χ3v) is 3.60. The second-order valence-electron chi connectivity index (χ2n) is 5.39. The molecule has 0 unspecified atom stereocenters. The van der Waals surface area contributed by atoms with E-state index in [1.165, 1.54) is 0 Å². The first-order chi connectivity index (χ1) is 10.1. The van der Waals surface area contributed by atoms with Gasteiger partial charge in [-0.05, 0) is 26.2 Å². The average Bonchev–Trinajstić information content (AvgIpc) is 2.76. The topological polar surface area (TPSA) is 96.2 Å². The van der Waals surface area contributed by atoms with E-state index in [9.17, 15) is 9.59 Å². The third-order valence-electron chi connectivity index (χ3n) is 3.60. The molecule has 2 atom stereocenters. The molecule has 1 fully saturated rings. The van der Waals surface area contributed by atoms with Crippen molar-refractivity contribution in [1.29, 1.82) is 0 Å². The summed E-state index contributed by atoms with van der Waals surface area (Å²) >= 11 is 0. The van der Waals surface area contributed by atoms with Gasteiger partial charge in [-0.2, -0.15) is 0 Å². The molecule has 6 heteroatoms. The summed E-state index contributed by atoms with van der Waals surface area (Å²) in [6.45, 7) is 2.66. The first-order valence-electron chi connectivity index (χ1n) is 7.65. The number of nitrogens with two attached hydrogens (primary N) is 1. The average molecular weight is 294 g/mol. The van der Waals surface area contributed by atoms with Crippen molar-refractivity contribution in [3.8, 4) is 12.0 Å². The minimum Gasteiger partial charge on any atom is -0.359 e. The zero-order chi connectivity index (χ0) is 15.5. The van der Waals surface area contributed by atoms with Gasteiger partial charge in [0.2, 0.25) is 5.91 Å². The monoisotopic (exact) mass is 294 g/mol. The lowest BCUT2D eigenvalue weighted by Crippen LogP contribution is -2.30. The number of carbonyl (C=O) groups excluding carboxylic acids is 2. The maximum atomic E-state index is 11.6. The lowest BCUT2D eigenvalue weighted by atomic mass is 10.0. The van der Waals surface area contributed by atoms with Crippen molar-refractivity contribution in [2.24, 2.45) is 5.73 Å². The Labute approximate surface area is 126 Å². The van der Waals surface area contributed by atoms with Crippen molar-refractivity contribution in [2.75, 3.05) is 6.54 Å². The highest BCUT2D eigenvalue weighted by molar-refractivity contribution is 5.77. The van der Waals surface area contributed by atoms with Crippen LogP contribution in [-0.2, 0) is 4.79 Å². The van der Waals surface area contributed by atoms with Crippen LogP contribution in [0.1, 0.15) is 51.9 Å². The molecular formula is C15H26N4O2. The van der Waals surface area contributed by atoms with E-state index in [4.69, 9.17) is 5.73 Å². The highest BCUT2D eigenvalue weighted by Crippen LogP contribution is 2.11. The molecule has 6 nitrogen and oxygen atoms in total.